The second-order valence-corrected chi connectivity index (χ2v) is 9.87. The molecule has 1 fully saturated rings. The summed E-state index contributed by atoms with van der Waals surface area (Å²) in [5.74, 6) is 0.112. The second kappa shape index (κ2) is 8.48. The largest absolute Gasteiger partial charge is 0.449 e. The lowest BCUT2D eigenvalue weighted by Crippen LogP contribution is -2.32. The number of furan rings is 1. The van der Waals surface area contributed by atoms with Crippen molar-refractivity contribution in [2.45, 2.75) is 77.7 Å². The van der Waals surface area contributed by atoms with E-state index in [1.807, 2.05) is 38.7 Å². The van der Waals surface area contributed by atoms with Gasteiger partial charge in [0.1, 0.15) is 4.90 Å². The number of hydrogen-bond donors (Lipinski definition) is 1. The Morgan fingerprint density at radius 2 is 1.76 bits per heavy atom. The first kappa shape index (κ1) is 21.8. The lowest BCUT2D eigenvalue weighted by molar-refractivity contribution is 0.0731. The molecule has 1 N–H and O–H groups in total. The van der Waals surface area contributed by atoms with Crippen LogP contribution in [0.1, 0.15) is 73.2 Å². The van der Waals surface area contributed by atoms with Crippen molar-refractivity contribution in [2.75, 3.05) is 13.1 Å². The molecule has 0 bridgehead atoms. The smallest absolute Gasteiger partial charge is 0.289 e. The molecule has 1 aromatic carbocycles. The van der Waals surface area contributed by atoms with E-state index in [-0.39, 0.29) is 28.2 Å². The summed E-state index contributed by atoms with van der Waals surface area (Å²) < 4.78 is 35.1. The maximum Gasteiger partial charge on any atom is 0.289 e. The highest BCUT2D eigenvalue weighted by Gasteiger charge is 2.30. The quantitative estimate of drug-likeness (QED) is 0.775. The fourth-order valence-electron chi connectivity index (χ4n) is 3.89. The van der Waals surface area contributed by atoms with E-state index < -0.39 is 10.0 Å². The number of benzene rings is 1. The van der Waals surface area contributed by atoms with Crippen LogP contribution in [0, 0.1) is 20.8 Å². The first-order valence-electron chi connectivity index (χ1n) is 10.5. The molecule has 2 aromatic rings. The van der Waals surface area contributed by atoms with E-state index >= 15 is 0 Å². The van der Waals surface area contributed by atoms with E-state index in [0.717, 1.165) is 31.2 Å². The summed E-state index contributed by atoms with van der Waals surface area (Å²) in [4.78, 5) is 15.1. The van der Waals surface area contributed by atoms with E-state index in [1.165, 1.54) is 0 Å². The van der Waals surface area contributed by atoms with Crippen LogP contribution in [0.15, 0.2) is 15.4 Å². The number of carbonyl (C=O) groups excluding carboxylic acids is 1. The third-order valence-corrected chi connectivity index (χ3v) is 7.76. The van der Waals surface area contributed by atoms with Gasteiger partial charge in [-0.1, -0.05) is 19.8 Å². The lowest BCUT2D eigenvalue weighted by Gasteiger charge is -2.19. The summed E-state index contributed by atoms with van der Waals surface area (Å²) in [6.07, 6.45) is 4.92. The second-order valence-electron chi connectivity index (χ2n) is 8.22. The molecule has 1 atom stereocenters. The van der Waals surface area contributed by atoms with Crippen molar-refractivity contribution in [2.24, 2.45) is 0 Å². The Bertz CT molecular complexity index is 1020. The number of hydrogen-bond acceptors (Lipinski definition) is 4. The van der Waals surface area contributed by atoms with Gasteiger partial charge in [0.15, 0.2) is 11.3 Å². The Kier molecular flexibility index (Phi) is 6.39. The molecule has 0 unspecified atom stereocenters. The maximum atomic E-state index is 13.2. The van der Waals surface area contributed by atoms with Gasteiger partial charge in [-0.2, -0.15) is 0 Å². The molecule has 6 nitrogen and oxygen atoms in total. The minimum atomic E-state index is -3.78. The number of aryl methyl sites for hydroxylation is 2. The Hall–Kier alpha value is -1.86. The fourth-order valence-corrected chi connectivity index (χ4v) is 5.67. The van der Waals surface area contributed by atoms with Gasteiger partial charge in [0.2, 0.25) is 10.0 Å². The van der Waals surface area contributed by atoms with Crippen LogP contribution < -0.4 is 4.72 Å². The number of amides is 1. The van der Waals surface area contributed by atoms with E-state index in [4.69, 9.17) is 4.42 Å². The third-order valence-electron chi connectivity index (χ3n) is 6.02. The highest BCUT2D eigenvalue weighted by molar-refractivity contribution is 7.89. The molecule has 0 radical (unpaired) electrons. The van der Waals surface area contributed by atoms with Gasteiger partial charge in [-0.3, -0.25) is 4.79 Å². The van der Waals surface area contributed by atoms with Crippen LogP contribution in [0.3, 0.4) is 0 Å². The van der Waals surface area contributed by atoms with Gasteiger partial charge in [0.25, 0.3) is 5.91 Å². The topological polar surface area (TPSA) is 79.6 Å². The Morgan fingerprint density at radius 1 is 1.14 bits per heavy atom. The minimum Gasteiger partial charge on any atom is -0.449 e. The molecular formula is C22H32N2O4S. The van der Waals surface area contributed by atoms with E-state index in [2.05, 4.69) is 4.72 Å². The summed E-state index contributed by atoms with van der Waals surface area (Å²) in [5.41, 5.74) is 2.49. The van der Waals surface area contributed by atoms with Crippen LogP contribution in [0.2, 0.25) is 0 Å². The van der Waals surface area contributed by atoms with Gasteiger partial charge in [0, 0.05) is 30.1 Å². The molecule has 0 saturated carbocycles. The molecule has 29 heavy (non-hydrogen) atoms. The third kappa shape index (κ3) is 4.21. The number of nitrogens with one attached hydrogen (secondary N) is 1. The van der Waals surface area contributed by atoms with Gasteiger partial charge in [0.05, 0.1) is 0 Å². The molecule has 0 aliphatic carbocycles. The zero-order valence-corrected chi connectivity index (χ0v) is 18.9. The molecule has 1 amide bonds. The zero-order chi connectivity index (χ0) is 21.3. The molecule has 1 aliphatic heterocycles. The van der Waals surface area contributed by atoms with Crippen LogP contribution in [0.4, 0.5) is 0 Å². The van der Waals surface area contributed by atoms with Crippen molar-refractivity contribution >= 4 is 26.9 Å². The van der Waals surface area contributed by atoms with E-state index in [9.17, 15) is 13.2 Å². The summed E-state index contributed by atoms with van der Waals surface area (Å²) >= 11 is 0. The molecular weight excluding hydrogens is 388 g/mol. The van der Waals surface area contributed by atoms with Gasteiger partial charge in [-0.15, -0.1) is 0 Å². The SMILES string of the molecule is CC[C@H](C)NS(=O)(=O)c1c(C)c(C)cc2c(C)c(C(=O)N3CCCCCC3)oc12. The predicted octanol–water partition coefficient (Wildman–Crippen LogP) is 4.45. The van der Waals surface area contributed by atoms with Crippen LogP contribution in [-0.2, 0) is 10.0 Å². The Morgan fingerprint density at radius 3 is 2.34 bits per heavy atom. The van der Waals surface area contributed by atoms with Crippen LogP contribution in [0.25, 0.3) is 11.0 Å². The first-order chi connectivity index (χ1) is 13.7. The molecule has 3 rings (SSSR count). The Balaban J connectivity index is 2.15. The molecule has 160 valence electrons. The summed E-state index contributed by atoms with van der Waals surface area (Å²) in [7, 11) is -3.78. The molecule has 7 heteroatoms. The average Bonchev–Trinajstić information content (AvgIpc) is 2.86. The number of nitrogens with zero attached hydrogens (tertiary/aromatic N) is 1. The van der Waals surface area contributed by atoms with Crippen molar-refractivity contribution in [3.8, 4) is 0 Å². The fraction of sp³-hybridized carbons (Fsp3) is 0.591. The molecule has 2 heterocycles. The number of fused-ring (bicyclic) bond motifs is 1. The molecule has 1 aromatic heterocycles. The Labute approximate surface area is 173 Å². The normalized spacial score (nSPS) is 16.8. The van der Waals surface area contributed by atoms with Gasteiger partial charge >= 0.3 is 0 Å². The molecule has 1 aliphatic rings. The van der Waals surface area contributed by atoms with Crippen LogP contribution in [0.5, 0.6) is 0 Å². The van der Waals surface area contributed by atoms with Gasteiger partial charge < -0.3 is 9.32 Å². The molecule has 1 saturated heterocycles. The first-order valence-corrected chi connectivity index (χ1v) is 12.0. The monoisotopic (exact) mass is 420 g/mol. The van der Waals surface area contributed by atoms with E-state index in [1.54, 1.807) is 6.92 Å². The van der Waals surface area contributed by atoms with Crippen molar-refractivity contribution < 1.29 is 17.6 Å². The molecule has 0 spiro atoms. The highest BCUT2D eigenvalue weighted by atomic mass is 32.2. The van der Waals surface area contributed by atoms with Crippen molar-refractivity contribution in [3.63, 3.8) is 0 Å². The summed E-state index contributed by atoms with van der Waals surface area (Å²) in [5, 5.41) is 0.691. The summed E-state index contributed by atoms with van der Waals surface area (Å²) in [6, 6.07) is 1.73. The standard InChI is InChI=1S/C22H32N2O4S/c1-6-15(3)23-29(26,27)21-16(4)14(2)13-18-17(5)19(28-20(18)21)22(25)24-11-9-7-8-10-12-24/h13,15,23H,6-12H2,1-5H3/t15-/m0/s1. The minimum absolute atomic E-state index is 0.144. The van der Waals surface area contributed by atoms with Crippen molar-refractivity contribution in [3.05, 3.63) is 28.5 Å². The number of likely N-dealkylation sites (tertiary alicyclic amines) is 1. The van der Waals surface area contributed by atoms with Crippen molar-refractivity contribution in [1.82, 2.24) is 9.62 Å². The average molecular weight is 421 g/mol. The predicted molar refractivity (Wildman–Crippen MR) is 115 cm³/mol. The number of sulfonamides is 1. The van der Waals surface area contributed by atoms with Crippen molar-refractivity contribution in [1.29, 1.82) is 0 Å². The highest BCUT2D eigenvalue weighted by Crippen LogP contribution is 2.35. The van der Waals surface area contributed by atoms with Crippen LogP contribution in [-0.4, -0.2) is 38.4 Å². The van der Waals surface area contributed by atoms with Crippen LogP contribution >= 0.6 is 0 Å². The number of carbonyl (C=O) groups is 1. The van der Waals surface area contributed by atoms with Gasteiger partial charge in [-0.05, 0) is 64.2 Å². The maximum absolute atomic E-state index is 13.2. The lowest BCUT2D eigenvalue weighted by atomic mass is 10.0. The van der Waals surface area contributed by atoms with Gasteiger partial charge in [-0.25, -0.2) is 13.1 Å². The summed E-state index contributed by atoms with van der Waals surface area (Å²) in [6.45, 7) is 10.7. The zero-order valence-electron chi connectivity index (χ0n) is 18.1. The van der Waals surface area contributed by atoms with E-state index in [0.29, 0.717) is 36.0 Å². The number of rotatable bonds is 5.